The Morgan fingerprint density at radius 1 is 1.00 bits per heavy atom. The van der Waals surface area contributed by atoms with E-state index in [0.29, 0.717) is 43.2 Å². The molecular weight excluding hydrogens is 412 g/mol. The van der Waals surface area contributed by atoms with Crippen molar-refractivity contribution >= 4 is 33.8 Å². The molecule has 1 N–H and O–H groups in total. The average Bonchev–Trinajstić information content (AvgIpc) is 3.41. The first-order valence-corrected chi connectivity index (χ1v) is 10.9. The number of nitrogens with zero attached hydrogens (tertiary/aromatic N) is 3. The first kappa shape index (κ1) is 19.5. The van der Waals surface area contributed by atoms with E-state index in [1.165, 1.54) is 11.3 Å². The quantitative estimate of drug-likeness (QED) is 0.532. The van der Waals surface area contributed by atoms with Gasteiger partial charge in [0.05, 0.1) is 18.9 Å². The van der Waals surface area contributed by atoms with Crippen molar-refractivity contribution in [2.45, 2.75) is 0 Å². The first-order chi connectivity index (χ1) is 15.2. The number of benzene rings is 2. The van der Waals surface area contributed by atoms with Crippen LogP contribution in [0.15, 0.2) is 66.2 Å². The molecule has 8 heteroatoms. The number of thiazole rings is 1. The van der Waals surface area contributed by atoms with E-state index in [0.717, 1.165) is 16.2 Å². The molecule has 2 aromatic heterocycles. The number of ether oxygens (including phenoxy) is 1. The lowest BCUT2D eigenvalue weighted by Gasteiger charge is -2.26. The van der Waals surface area contributed by atoms with Crippen molar-refractivity contribution in [1.82, 2.24) is 14.3 Å². The number of morpholine rings is 1. The molecule has 3 heterocycles. The molecule has 0 atom stereocenters. The summed E-state index contributed by atoms with van der Waals surface area (Å²) in [7, 11) is 0. The lowest BCUT2D eigenvalue weighted by molar-refractivity contribution is 0.0298. The fraction of sp³-hybridized carbons (Fsp3) is 0.174. The Morgan fingerprint density at radius 2 is 1.74 bits per heavy atom. The van der Waals surface area contributed by atoms with Crippen LogP contribution >= 0.6 is 11.3 Å². The van der Waals surface area contributed by atoms with E-state index >= 15 is 0 Å². The van der Waals surface area contributed by atoms with Crippen molar-refractivity contribution < 1.29 is 14.3 Å². The van der Waals surface area contributed by atoms with E-state index in [-0.39, 0.29) is 11.8 Å². The molecule has 0 bridgehead atoms. The zero-order chi connectivity index (χ0) is 21.2. The number of carbonyl (C=O) groups excluding carboxylic acids is 2. The number of imidazole rings is 1. The van der Waals surface area contributed by atoms with E-state index in [4.69, 9.17) is 4.74 Å². The summed E-state index contributed by atoms with van der Waals surface area (Å²) in [5.41, 5.74) is 3.63. The second-order valence-electron chi connectivity index (χ2n) is 7.20. The molecule has 0 radical (unpaired) electrons. The fourth-order valence-electron chi connectivity index (χ4n) is 3.52. The molecule has 2 aromatic carbocycles. The molecule has 0 unspecified atom stereocenters. The van der Waals surface area contributed by atoms with Crippen molar-refractivity contribution in [2.24, 2.45) is 0 Å². The number of aromatic nitrogens is 2. The van der Waals surface area contributed by atoms with Gasteiger partial charge in [0.1, 0.15) is 5.69 Å². The largest absolute Gasteiger partial charge is 0.378 e. The van der Waals surface area contributed by atoms with Gasteiger partial charge in [0, 0.05) is 41.5 Å². The molecule has 4 aromatic rings. The summed E-state index contributed by atoms with van der Waals surface area (Å²) < 4.78 is 7.19. The summed E-state index contributed by atoms with van der Waals surface area (Å²) in [5.74, 6) is -0.153. The van der Waals surface area contributed by atoms with Crippen LogP contribution < -0.4 is 5.32 Å². The van der Waals surface area contributed by atoms with Gasteiger partial charge >= 0.3 is 0 Å². The maximum atomic E-state index is 12.9. The third-order valence-corrected chi connectivity index (χ3v) is 6.04. The number of carbonyl (C=O) groups is 2. The Morgan fingerprint density at radius 3 is 2.48 bits per heavy atom. The molecule has 0 spiro atoms. The summed E-state index contributed by atoms with van der Waals surface area (Å²) in [4.78, 5) is 32.4. The number of hydrogen-bond acceptors (Lipinski definition) is 5. The Labute approximate surface area is 182 Å². The molecule has 31 heavy (non-hydrogen) atoms. The standard InChI is InChI=1S/C23H20N4O3S/c28-21(17-4-2-1-3-5-17)24-18-8-6-16(7-9-18)19-14-27-20(15-31-23(27)25-19)22(29)26-10-12-30-13-11-26/h1-9,14-15H,10-13H2,(H,24,28). The predicted octanol–water partition coefficient (Wildman–Crippen LogP) is 3.79. The van der Waals surface area contributed by atoms with Crippen molar-refractivity contribution in [1.29, 1.82) is 0 Å². The Balaban J connectivity index is 1.34. The van der Waals surface area contributed by atoms with Crippen LogP contribution in [0, 0.1) is 0 Å². The zero-order valence-corrected chi connectivity index (χ0v) is 17.5. The minimum absolute atomic E-state index is 0.00234. The van der Waals surface area contributed by atoms with Gasteiger partial charge < -0.3 is 15.0 Å². The van der Waals surface area contributed by atoms with Gasteiger partial charge in [-0.2, -0.15) is 0 Å². The number of rotatable bonds is 4. The van der Waals surface area contributed by atoms with Gasteiger partial charge in [-0.3, -0.25) is 14.0 Å². The monoisotopic (exact) mass is 432 g/mol. The van der Waals surface area contributed by atoms with Crippen LogP contribution in [-0.2, 0) is 4.74 Å². The summed E-state index contributed by atoms with van der Waals surface area (Å²) in [6.07, 6.45) is 1.89. The Bertz CT molecular complexity index is 1220. The molecule has 0 aliphatic carbocycles. The summed E-state index contributed by atoms with van der Waals surface area (Å²) in [6.45, 7) is 2.35. The van der Waals surface area contributed by atoms with Crippen molar-refractivity contribution in [3.63, 3.8) is 0 Å². The highest BCUT2D eigenvalue weighted by molar-refractivity contribution is 7.15. The third-order valence-electron chi connectivity index (χ3n) is 5.20. The van der Waals surface area contributed by atoms with E-state index in [2.05, 4.69) is 10.3 Å². The van der Waals surface area contributed by atoms with Crippen LogP contribution in [0.4, 0.5) is 5.69 Å². The normalized spacial score (nSPS) is 14.0. The maximum Gasteiger partial charge on any atom is 0.271 e. The minimum atomic E-state index is -0.151. The zero-order valence-electron chi connectivity index (χ0n) is 16.7. The third kappa shape index (κ3) is 3.95. The number of fused-ring (bicyclic) bond motifs is 1. The van der Waals surface area contributed by atoms with Gasteiger partial charge in [0.25, 0.3) is 11.8 Å². The molecule has 5 rings (SSSR count). The lowest BCUT2D eigenvalue weighted by Crippen LogP contribution is -2.41. The van der Waals surface area contributed by atoms with Crippen molar-refractivity contribution in [2.75, 3.05) is 31.6 Å². The average molecular weight is 433 g/mol. The highest BCUT2D eigenvalue weighted by Crippen LogP contribution is 2.26. The number of anilines is 1. The minimum Gasteiger partial charge on any atom is -0.378 e. The molecule has 2 amide bonds. The number of hydrogen-bond donors (Lipinski definition) is 1. The molecule has 1 aliphatic rings. The summed E-state index contributed by atoms with van der Waals surface area (Å²) >= 11 is 1.45. The van der Waals surface area contributed by atoms with E-state index in [9.17, 15) is 9.59 Å². The maximum absolute atomic E-state index is 12.9. The van der Waals surface area contributed by atoms with Gasteiger partial charge in [-0.1, -0.05) is 30.3 Å². The molecule has 7 nitrogen and oxygen atoms in total. The molecule has 156 valence electrons. The van der Waals surface area contributed by atoms with E-state index in [1.54, 1.807) is 12.1 Å². The van der Waals surface area contributed by atoms with Crippen LogP contribution in [0.3, 0.4) is 0 Å². The number of nitrogens with one attached hydrogen (secondary N) is 1. The summed E-state index contributed by atoms with van der Waals surface area (Å²) in [6, 6.07) is 16.6. The van der Waals surface area contributed by atoms with Gasteiger partial charge in [0.2, 0.25) is 0 Å². The smallest absolute Gasteiger partial charge is 0.271 e. The van der Waals surface area contributed by atoms with Crippen LogP contribution in [-0.4, -0.2) is 52.4 Å². The van der Waals surface area contributed by atoms with Gasteiger partial charge in [-0.15, -0.1) is 11.3 Å². The highest BCUT2D eigenvalue weighted by atomic mass is 32.1. The summed E-state index contributed by atoms with van der Waals surface area (Å²) in [5, 5.41) is 4.75. The van der Waals surface area contributed by atoms with E-state index < -0.39 is 0 Å². The molecule has 0 saturated carbocycles. The van der Waals surface area contributed by atoms with Gasteiger partial charge in [-0.05, 0) is 24.3 Å². The highest BCUT2D eigenvalue weighted by Gasteiger charge is 2.22. The van der Waals surface area contributed by atoms with Crippen LogP contribution in [0.5, 0.6) is 0 Å². The number of amides is 2. The van der Waals surface area contributed by atoms with Crippen molar-refractivity contribution in [3.8, 4) is 11.3 Å². The molecule has 1 aliphatic heterocycles. The topological polar surface area (TPSA) is 75.9 Å². The SMILES string of the molecule is O=C(Nc1ccc(-c2cn3c(C(=O)N4CCOCC4)csc3n2)cc1)c1ccccc1. The Kier molecular flexibility index (Phi) is 5.23. The Hall–Kier alpha value is -3.49. The first-order valence-electron chi connectivity index (χ1n) is 9.99. The molecule has 1 fully saturated rings. The second kappa shape index (κ2) is 8.33. The van der Waals surface area contributed by atoms with Gasteiger partial charge in [0.15, 0.2) is 4.96 Å². The van der Waals surface area contributed by atoms with Crippen LogP contribution in [0.1, 0.15) is 20.8 Å². The van der Waals surface area contributed by atoms with Gasteiger partial charge in [-0.25, -0.2) is 4.98 Å². The van der Waals surface area contributed by atoms with Crippen LogP contribution in [0.2, 0.25) is 0 Å². The second-order valence-corrected chi connectivity index (χ2v) is 8.04. The van der Waals surface area contributed by atoms with Crippen molar-refractivity contribution in [3.05, 3.63) is 77.4 Å². The molecule has 1 saturated heterocycles. The lowest BCUT2D eigenvalue weighted by atomic mass is 10.1. The fourth-order valence-corrected chi connectivity index (χ4v) is 4.37. The van der Waals surface area contributed by atoms with E-state index in [1.807, 2.05) is 63.3 Å². The predicted molar refractivity (Wildman–Crippen MR) is 120 cm³/mol. The molecular formula is C23H20N4O3S. The van der Waals surface area contributed by atoms with Crippen LogP contribution in [0.25, 0.3) is 16.2 Å².